The van der Waals surface area contributed by atoms with E-state index in [2.05, 4.69) is 30.7 Å². The second kappa shape index (κ2) is 7.41. The first-order valence-corrected chi connectivity index (χ1v) is 10.3. The minimum atomic E-state index is -4.85. The lowest BCUT2D eigenvalue weighted by Crippen LogP contribution is -2.29. The van der Waals surface area contributed by atoms with Gasteiger partial charge in [-0.05, 0) is 55.5 Å². The fourth-order valence-corrected chi connectivity index (χ4v) is 4.02. The number of ether oxygens (including phenoxy) is 1. The molecular weight excluding hydrogens is 505 g/mol. The van der Waals surface area contributed by atoms with Gasteiger partial charge in [0.2, 0.25) is 0 Å². The van der Waals surface area contributed by atoms with E-state index in [0.29, 0.717) is 16.7 Å². The number of hydrogen-bond acceptors (Lipinski definition) is 5. The Kier molecular flexibility index (Phi) is 4.74. The second-order valence-electron chi connectivity index (χ2n) is 7.21. The molecule has 0 unspecified atom stereocenters. The summed E-state index contributed by atoms with van der Waals surface area (Å²) in [5.41, 5.74) is 2.00. The van der Waals surface area contributed by atoms with Crippen LogP contribution < -0.4 is 9.64 Å². The van der Waals surface area contributed by atoms with E-state index in [1.807, 2.05) is 24.3 Å². The summed E-state index contributed by atoms with van der Waals surface area (Å²) < 4.78 is 43.6. The molecule has 2 aromatic heterocycles. The Morgan fingerprint density at radius 2 is 1.58 bits per heavy atom. The number of alkyl halides is 3. The molecule has 33 heavy (non-hydrogen) atoms. The van der Waals surface area contributed by atoms with E-state index in [-0.39, 0.29) is 16.8 Å². The maximum Gasteiger partial charge on any atom is 0.573 e. The maximum atomic E-state index is 13.3. The summed E-state index contributed by atoms with van der Waals surface area (Å²) in [6.07, 6.45) is -3.53. The normalized spacial score (nSPS) is 13.7. The minimum absolute atomic E-state index is 0.0987. The number of benzene rings is 2. The van der Waals surface area contributed by atoms with Crippen LogP contribution in [0.15, 0.2) is 59.2 Å². The zero-order valence-electron chi connectivity index (χ0n) is 16.7. The van der Waals surface area contributed by atoms with Gasteiger partial charge < -0.3 is 4.74 Å². The quantitative estimate of drug-likeness (QED) is 0.350. The first-order chi connectivity index (χ1) is 15.6. The van der Waals surface area contributed by atoms with Crippen LogP contribution in [0, 0.1) is 6.92 Å². The summed E-state index contributed by atoms with van der Waals surface area (Å²) in [5, 5.41) is 4.94. The molecule has 4 aromatic rings. The standard InChI is InChI=1S/C22H12BrF3N4O3/c1-11-17-18-16(10-27-19(17)30(28-11)14-4-2-12(23)3-5-14)20(31)29(21(18)32)13-6-8-15(9-7-13)33-22(24,25)26/h2-10H,1H3. The molecule has 0 bridgehead atoms. The predicted molar refractivity (Wildman–Crippen MR) is 116 cm³/mol. The number of pyridine rings is 1. The van der Waals surface area contributed by atoms with Crippen molar-refractivity contribution in [3.63, 3.8) is 0 Å². The molecular formula is C22H12BrF3N4O3. The molecule has 0 saturated heterocycles. The van der Waals surface area contributed by atoms with E-state index in [0.717, 1.165) is 27.2 Å². The summed E-state index contributed by atoms with van der Waals surface area (Å²) in [6, 6.07) is 11.8. The van der Waals surface area contributed by atoms with Gasteiger partial charge in [-0.2, -0.15) is 5.10 Å². The van der Waals surface area contributed by atoms with E-state index in [9.17, 15) is 22.8 Å². The number of imide groups is 1. The van der Waals surface area contributed by atoms with Crippen LogP contribution in [0.2, 0.25) is 0 Å². The third-order valence-electron chi connectivity index (χ3n) is 5.12. The number of hydrogen-bond donors (Lipinski definition) is 0. The van der Waals surface area contributed by atoms with Gasteiger partial charge in [0.05, 0.1) is 33.6 Å². The van der Waals surface area contributed by atoms with Crippen LogP contribution in [0.1, 0.15) is 26.4 Å². The van der Waals surface area contributed by atoms with Crippen LogP contribution in [0.25, 0.3) is 16.7 Å². The zero-order valence-corrected chi connectivity index (χ0v) is 18.3. The van der Waals surface area contributed by atoms with Gasteiger partial charge in [-0.3, -0.25) is 9.59 Å². The molecule has 166 valence electrons. The van der Waals surface area contributed by atoms with Crippen molar-refractivity contribution in [2.24, 2.45) is 0 Å². The van der Waals surface area contributed by atoms with Crippen LogP contribution >= 0.6 is 15.9 Å². The van der Waals surface area contributed by atoms with Gasteiger partial charge in [0.1, 0.15) is 5.75 Å². The molecule has 0 aliphatic carbocycles. The van der Waals surface area contributed by atoms with Gasteiger partial charge >= 0.3 is 6.36 Å². The Hall–Kier alpha value is -3.73. The summed E-state index contributed by atoms with van der Waals surface area (Å²) in [4.78, 5) is 31.6. The number of fused-ring (bicyclic) bond motifs is 3. The highest BCUT2D eigenvalue weighted by Gasteiger charge is 2.40. The zero-order chi connectivity index (χ0) is 23.5. The van der Waals surface area contributed by atoms with Gasteiger partial charge in [0.15, 0.2) is 5.65 Å². The number of carbonyl (C=O) groups excluding carboxylic acids is 2. The van der Waals surface area contributed by atoms with Crippen LogP contribution in [-0.2, 0) is 0 Å². The average molecular weight is 517 g/mol. The Bertz CT molecular complexity index is 1430. The highest BCUT2D eigenvalue weighted by Crippen LogP contribution is 2.35. The number of anilines is 1. The topological polar surface area (TPSA) is 77.3 Å². The molecule has 5 rings (SSSR count). The molecule has 0 spiro atoms. The summed E-state index contributed by atoms with van der Waals surface area (Å²) >= 11 is 3.38. The molecule has 0 atom stereocenters. The van der Waals surface area contributed by atoms with E-state index in [1.165, 1.54) is 18.3 Å². The Morgan fingerprint density at radius 3 is 2.21 bits per heavy atom. The predicted octanol–water partition coefficient (Wildman–Crippen LogP) is 5.19. The molecule has 1 aliphatic heterocycles. The Labute approximate surface area is 192 Å². The fraction of sp³-hybridized carbons (Fsp3) is 0.0909. The van der Waals surface area contributed by atoms with Crippen LogP contribution in [-0.4, -0.2) is 32.9 Å². The SMILES string of the molecule is Cc1nn(-c2ccc(Br)cc2)c2ncc3c(c12)C(=O)N(c1ccc(OC(F)(F)F)cc1)C3=O. The molecule has 0 fully saturated rings. The lowest BCUT2D eigenvalue weighted by molar-refractivity contribution is -0.274. The van der Waals surface area contributed by atoms with Gasteiger partial charge in [-0.1, -0.05) is 15.9 Å². The van der Waals surface area contributed by atoms with Gasteiger partial charge in [0.25, 0.3) is 11.8 Å². The van der Waals surface area contributed by atoms with Gasteiger partial charge in [-0.15, -0.1) is 13.2 Å². The number of carbonyl (C=O) groups is 2. The lowest BCUT2D eigenvalue weighted by atomic mass is 10.1. The molecule has 0 radical (unpaired) electrons. The van der Waals surface area contributed by atoms with Crippen molar-refractivity contribution >= 4 is 44.5 Å². The number of aromatic nitrogens is 3. The maximum absolute atomic E-state index is 13.3. The highest BCUT2D eigenvalue weighted by atomic mass is 79.9. The van der Waals surface area contributed by atoms with Crippen molar-refractivity contribution in [3.8, 4) is 11.4 Å². The van der Waals surface area contributed by atoms with Crippen molar-refractivity contribution in [2.45, 2.75) is 13.3 Å². The van der Waals surface area contributed by atoms with Gasteiger partial charge in [-0.25, -0.2) is 14.6 Å². The highest BCUT2D eigenvalue weighted by molar-refractivity contribution is 9.10. The summed E-state index contributed by atoms with van der Waals surface area (Å²) in [5.74, 6) is -1.69. The van der Waals surface area contributed by atoms with Crippen LogP contribution in [0.4, 0.5) is 18.9 Å². The van der Waals surface area contributed by atoms with E-state index in [1.54, 1.807) is 11.6 Å². The monoisotopic (exact) mass is 516 g/mol. The third-order valence-corrected chi connectivity index (χ3v) is 5.65. The van der Waals surface area contributed by atoms with E-state index >= 15 is 0 Å². The molecule has 2 aromatic carbocycles. The lowest BCUT2D eigenvalue weighted by Gasteiger charge is -2.15. The number of nitrogens with zero attached hydrogens (tertiary/aromatic N) is 4. The van der Waals surface area contributed by atoms with Crippen molar-refractivity contribution in [1.29, 1.82) is 0 Å². The smallest absolute Gasteiger partial charge is 0.406 e. The summed E-state index contributed by atoms with van der Waals surface area (Å²) in [7, 11) is 0. The first-order valence-electron chi connectivity index (χ1n) is 9.53. The molecule has 3 heterocycles. The van der Waals surface area contributed by atoms with Gasteiger partial charge in [0, 0.05) is 10.7 Å². The number of halogens is 4. The molecule has 0 saturated carbocycles. The molecule has 1 aliphatic rings. The molecule has 2 amide bonds. The minimum Gasteiger partial charge on any atom is -0.406 e. The van der Waals surface area contributed by atoms with Crippen LogP contribution in [0.5, 0.6) is 5.75 Å². The second-order valence-corrected chi connectivity index (χ2v) is 8.12. The molecule has 7 nitrogen and oxygen atoms in total. The largest absolute Gasteiger partial charge is 0.573 e. The molecule has 0 N–H and O–H groups in total. The number of amides is 2. The number of aryl methyl sites for hydroxylation is 1. The Morgan fingerprint density at radius 1 is 0.939 bits per heavy atom. The first kappa shape index (κ1) is 21.1. The van der Waals surface area contributed by atoms with Crippen molar-refractivity contribution in [3.05, 3.63) is 76.0 Å². The number of rotatable bonds is 3. The van der Waals surface area contributed by atoms with Crippen molar-refractivity contribution in [1.82, 2.24) is 14.8 Å². The van der Waals surface area contributed by atoms with E-state index in [4.69, 9.17) is 0 Å². The average Bonchev–Trinajstić information content (AvgIpc) is 3.22. The summed E-state index contributed by atoms with van der Waals surface area (Å²) in [6.45, 7) is 1.71. The fourth-order valence-electron chi connectivity index (χ4n) is 3.75. The van der Waals surface area contributed by atoms with Crippen molar-refractivity contribution < 1.29 is 27.5 Å². The van der Waals surface area contributed by atoms with Crippen LogP contribution in [0.3, 0.4) is 0 Å². The van der Waals surface area contributed by atoms with E-state index < -0.39 is 23.9 Å². The third kappa shape index (κ3) is 3.54. The molecule has 11 heteroatoms. The van der Waals surface area contributed by atoms with Crippen molar-refractivity contribution in [2.75, 3.05) is 4.90 Å². The Balaban J connectivity index is 1.58.